The second-order valence-electron chi connectivity index (χ2n) is 5.24. The zero-order valence-electron chi connectivity index (χ0n) is 11.0. The lowest BCUT2D eigenvalue weighted by Crippen LogP contribution is -2.48. The molecular weight excluding hydrogens is 294 g/mol. The number of rotatable bonds is 5. The van der Waals surface area contributed by atoms with Gasteiger partial charge in [-0.15, -0.1) is 11.8 Å². The summed E-state index contributed by atoms with van der Waals surface area (Å²) in [7, 11) is 0. The Balaban J connectivity index is 1.57. The van der Waals surface area contributed by atoms with Crippen LogP contribution in [0.15, 0.2) is 33.7 Å². The van der Waals surface area contributed by atoms with Gasteiger partial charge in [0.05, 0.1) is 5.75 Å². The van der Waals surface area contributed by atoms with Crippen molar-refractivity contribution in [1.82, 2.24) is 10.1 Å². The van der Waals surface area contributed by atoms with Gasteiger partial charge >= 0.3 is 0 Å². The molecule has 1 fully saturated rings. The molecule has 6 heteroatoms. The summed E-state index contributed by atoms with van der Waals surface area (Å²) in [5.41, 5.74) is 6.06. The molecule has 0 aliphatic heterocycles. The van der Waals surface area contributed by atoms with Gasteiger partial charge in [-0.05, 0) is 37.5 Å². The molecule has 1 heterocycles. The second-order valence-corrected chi connectivity index (χ2v) is 6.73. The molecule has 2 N–H and O–H groups in total. The predicted molar refractivity (Wildman–Crippen MR) is 79.8 cm³/mol. The maximum absolute atomic E-state index is 6.18. The number of halogens is 1. The maximum Gasteiger partial charge on any atom is 0.228 e. The minimum atomic E-state index is -0.121. The summed E-state index contributed by atoms with van der Waals surface area (Å²) < 4.78 is 5.27. The van der Waals surface area contributed by atoms with E-state index in [0.717, 1.165) is 22.8 Å². The Morgan fingerprint density at radius 3 is 2.95 bits per heavy atom. The van der Waals surface area contributed by atoms with E-state index in [1.807, 2.05) is 24.3 Å². The summed E-state index contributed by atoms with van der Waals surface area (Å²) in [6, 6.07) is 7.73. The van der Waals surface area contributed by atoms with Crippen molar-refractivity contribution in [2.24, 2.45) is 5.73 Å². The molecule has 0 saturated heterocycles. The van der Waals surface area contributed by atoms with E-state index in [2.05, 4.69) is 10.1 Å². The molecule has 106 valence electrons. The molecule has 0 bridgehead atoms. The fraction of sp³-hybridized carbons (Fsp3) is 0.429. The van der Waals surface area contributed by atoms with Crippen LogP contribution in [0.3, 0.4) is 0 Å². The van der Waals surface area contributed by atoms with Gasteiger partial charge in [-0.1, -0.05) is 22.8 Å². The molecule has 1 saturated carbocycles. The molecule has 0 spiro atoms. The van der Waals surface area contributed by atoms with Crippen LogP contribution in [0.2, 0.25) is 5.02 Å². The SMILES string of the molecule is NC1(Cc2nc(CSc3cccc(Cl)c3)no2)CCC1. The van der Waals surface area contributed by atoms with Crippen LogP contribution in [0, 0.1) is 0 Å². The number of nitrogens with zero attached hydrogens (tertiary/aromatic N) is 2. The number of hydrogen-bond donors (Lipinski definition) is 1. The standard InChI is InChI=1S/C14H16ClN3OS/c15-10-3-1-4-11(7-10)20-9-12-17-13(19-18-12)8-14(16)5-2-6-14/h1,3-4,7H,2,5-6,8-9,16H2. The molecule has 1 aliphatic rings. The quantitative estimate of drug-likeness (QED) is 0.857. The summed E-state index contributed by atoms with van der Waals surface area (Å²) >= 11 is 7.59. The highest BCUT2D eigenvalue weighted by atomic mass is 35.5. The summed E-state index contributed by atoms with van der Waals surface area (Å²) in [6.07, 6.45) is 3.97. The van der Waals surface area contributed by atoms with Crippen LogP contribution < -0.4 is 5.73 Å². The Bertz CT molecular complexity index is 598. The lowest BCUT2D eigenvalue weighted by Gasteiger charge is -2.36. The average Bonchev–Trinajstić information content (AvgIpc) is 2.82. The van der Waals surface area contributed by atoms with E-state index in [0.29, 0.717) is 23.9 Å². The van der Waals surface area contributed by atoms with Gasteiger partial charge in [0.1, 0.15) is 0 Å². The molecule has 2 aromatic rings. The van der Waals surface area contributed by atoms with Crippen LogP contribution in [0.5, 0.6) is 0 Å². The molecule has 4 nitrogen and oxygen atoms in total. The highest BCUT2D eigenvalue weighted by Crippen LogP contribution is 2.32. The molecule has 0 unspecified atom stereocenters. The number of thioether (sulfide) groups is 1. The topological polar surface area (TPSA) is 64.9 Å². The third kappa shape index (κ3) is 3.34. The molecule has 3 rings (SSSR count). The number of benzene rings is 1. The van der Waals surface area contributed by atoms with Crippen molar-refractivity contribution in [3.8, 4) is 0 Å². The van der Waals surface area contributed by atoms with Gasteiger partial charge in [0.15, 0.2) is 5.82 Å². The van der Waals surface area contributed by atoms with Crippen molar-refractivity contribution in [2.45, 2.75) is 41.9 Å². The van der Waals surface area contributed by atoms with Crippen LogP contribution in [-0.4, -0.2) is 15.7 Å². The summed E-state index contributed by atoms with van der Waals surface area (Å²) in [5, 5.41) is 4.74. The number of nitrogens with two attached hydrogens (primary N) is 1. The van der Waals surface area contributed by atoms with E-state index in [1.54, 1.807) is 11.8 Å². The Kier molecular flexibility index (Phi) is 4.01. The Morgan fingerprint density at radius 1 is 1.40 bits per heavy atom. The first-order valence-electron chi connectivity index (χ1n) is 6.62. The monoisotopic (exact) mass is 309 g/mol. The zero-order chi connectivity index (χ0) is 14.0. The fourth-order valence-corrected chi connectivity index (χ4v) is 3.29. The first-order chi connectivity index (χ1) is 9.63. The molecule has 1 aromatic carbocycles. The van der Waals surface area contributed by atoms with Crippen LogP contribution >= 0.6 is 23.4 Å². The summed E-state index contributed by atoms with van der Waals surface area (Å²) in [4.78, 5) is 5.50. The van der Waals surface area contributed by atoms with Crippen LogP contribution in [0.1, 0.15) is 31.0 Å². The second kappa shape index (κ2) is 5.76. The number of aromatic nitrogens is 2. The average molecular weight is 310 g/mol. The van der Waals surface area contributed by atoms with E-state index >= 15 is 0 Å². The molecule has 1 aliphatic carbocycles. The van der Waals surface area contributed by atoms with Crippen molar-refractivity contribution < 1.29 is 4.52 Å². The van der Waals surface area contributed by atoms with Crippen molar-refractivity contribution in [3.63, 3.8) is 0 Å². The largest absolute Gasteiger partial charge is 0.339 e. The zero-order valence-corrected chi connectivity index (χ0v) is 12.6. The van der Waals surface area contributed by atoms with Gasteiger partial charge in [0, 0.05) is 21.9 Å². The third-order valence-corrected chi connectivity index (χ3v) is 4.75. The molecule has 0 radical (unpaired) electrons. The fourth-order valence-electron chi connectivity index (χ4n) is 2.23. The third-order valence-electron chi connectivity index (χ3n) is 3.53. The Morgan fingerprint density at radius 2 is 2.25 bits per heavy atom. The highest BCUT2D eigenvalue weighted by Gasteiger charge is 2.34. The van der Waals surface area contributed by atoms with Crippen molar-refractivity contribution in [2.75, 3.05) is 0 Å². The van der Waals surface area contributed by atoms with Crippen molar-refractivity contribution in [1.29, 1.82) is 0 Å². The molecule has 20 heavy (non-hydrogen) atoms. The van der Waals surface area contributed by atoms with Crippen LogP contribution in [0.25, 0.3) is 0 Å². The maximum atomic E-state index is 6.18. The van der Waals surface area contributed by atoms with Crippen molar-refractivity contribution >= 4 is 23.4 Å². The predicted octanol–water partition coefficient (Wildman–Crippen LogP) is 3.44. The van der Waals surface area contributed by atoms with Crippen LogP contribution in [-0.2, 0) is 12.2 Å². The van der Waals surface area contributed by atoms with Gasteiger partial charge in [0.2, 0.25) is 5.89 Å². The van der Waals surface area contributed by atoms with E-state index in [9.17, 15) is 0 Å². The van der Waals surface area contributed by atoms with Crippen LogP contribution in [0.4, 0.5) is 0 Å². The lowest BCUT2D eigenvalue weighted by atomic mass is 9.75. The Hall–Kier alpha value is -1.04. The van der Waals surface area contributed by atoms with Gasteiger partial charge < -0.3 is 10.3 Å². The minimum Gasteiger partial charge on any atom is -0.339 e. The highest BCUT2D eigenvalue weighted by molar-refractivity contribution is 7.98. The summed E-state index contributed by atoms with van der Waals surface area (Å²) in [5.74, 6) is 2.02. The first kappa shape index (κ1) is 13.9. The normalized spacial score (nSPS) is 16.9. The number of hydrogen-bond acceptors (Lipinski definition) is 5. The van der Waals surface area contributed by atoms with Crippen molar-refractivity contribution in [3.05, 3.63) is 41.0 Å². The molecule has 0 atom stereocenters. The minimum absolute atomic E-state index is 0.121. The smallest absolute Gasteiger partial charge is 0.228 e. The van der Waals surface area contributed by atoms with Gasteiger partial charge in [-0.25, -0.2) is 0 Å². The lowest BCUT2D eigenvalue weighted by molar-refractivity contribution is 0.221. The Labute approximate surface area is 127 Å². The van der Waals surface area contributed by atoms with E-state index < -0.39 is 0 Å². The molecule has 1 aromatic heterocycles. The van der Waals surface area contributed by atoms with E-state index in [4.69, 9.17) is 21.9 Å². The molecular formula is C14H16ClN3OS. The first-order valence-corrected chi connectivity index (χ1v) is 7.98. The van der Waals surface area contributed by atoms with E-state index in [1.165, 1.54) is 6.42 Å². The summed E-state index contributed by atoms with van der Waals surface area (Å²) in [6.45, 7) is 0. The van der Waals surface area contributed by atoms with Gasteiger partial charge in [-0.2, -0.15) is 4.98 Å². The van der Waals surface area contributed by atoms with Gasteiger partial charge in [0.25, 0.3) is 0 Å². The van der Waals surface area contributed by atoms with E-state index in [-0.39, 0.29) is 5.54 Å². The molecule has 0 amide bonds. The van der Waals surface area contributed by atoms with Gasteiger partial charge in [-0.3, -0.25) is 0 Å².